The number of ether oxygens (including phenoxy) is 2. The molecule has 2 saturated heterocycles. The van der Waals surface area contributed by atoms with Crippen LogP contribution in [0.4, 0.5) is 5.69 Å². The Balaban J connectivity index is 1.53. The van der Waals surface area contributed by atoms with Crippen molar-refractivity contribution in [3.63, 3.8) is 0 Å². The third-order valence-corrected chi connectivity index (χ3v) is 5.16. The first-order valence-corrected chi connectivity index (χ1v) is 8.07. The van der Waals surface area contributed by atoms with Crippen molar-refractivity contribution in [1.82, 2.24) is 4.90 Å². The Hall–Kier alpha value is -1.26. The first kappa shape index (κ1) is 13.4. The van der Waals surface area contributed by atoms with Gasteiger partial charge in [0.05, 0.1) is 13.2 Å². The van der Waals surface area contributed by atoms with Crippen LogP contribution in [0.15, 0.2) is 18.2 Å². The molecule has 114 valence electrons. The molecule has 0 saturated carbocycles. The number of morpholine rings is 1. The summed E-state index contributed by atoms with van der Waals surface area (Å²) in [4.78, 5) is 4.80. The predicted molar refractivity (Wildman–Crippen MR) is 83.3 cm³/mol. The molecule has 1 aromatic carbocycles. The zero-order valence-electron chi connectivity index (χ0n) is 12.8. The average molecular weight is 288 g/mol. The summed E-state index contributed by atoms with van der Waals surface area (Å²) in [5.74, 6) is 1.11. The lowest BCUT2D eigenvalue weighted by Gasteiger charge is -2.37. The van der Waals surface area contributed by atoms with Gasteiger partial charge in [0.15, 0.2) is 0 Å². The van der Waals surface area contributed by atoms with Gasteiger partial charge in [0, 0.05) is 57.2 Å². The van der Waals surface area contributed by atoms with Crippen LogP contribution in [0.25, 0.3) is 0 Å². The summed E-state index contributed by atoms with van der Waals surface area (Å²) in [6.07, 6.45) is 3.37. The summed E-state index contributed by atoms with van der Waals surface area (Å²) in [6.45, 7) is 5.90. The van der Waals surface area contributed by atoms with Crippen LogP contribution in [0.5, 0.6) is 5.75 Å². The second kappa shape index (κ2) is 5.18. The molecule has 2 fully saturated rings. The molecule has 3 heterocycles. The summed E-state index contributed by atoms with van der Waals surface area (Å²) < 4.78 is 11.9. The molecule has 0 radical (unpaired) electrons. The molecule has 1 aromatic rings. The van der Waals surface area contributed by atoms with Gasteiger partial charge in [-0.2, -0.15) is 0 Å². The van der Waals surface area contributed by atoms with Crippen molar-refractivity contribution >= 4 is 5.69 Å². The Bertz CT molecular complexity index is 518. The van der Waals surface area contributed by atoms with E-state index in [-0.39, 0.29) is 5.60 Å². The van der Waals surface area contributed by atoms with Crippen LogP contribution in [0, 0.1) is 0 Å². The van der Waals surface area contributed by atoms with E-state index in [1.807, 2.05) is 0 Å². The highest BCUT2D eigenvalue weighted by Crippen LogP contribution is 2.42. The topological polar surface area (TPSA) is 24.9 Å². The normalized spacial score (nSPS) is 24.9. The van der Waals surface area contributed by atoms with Crippen LogP contribution in [0.2, 0.25) is 0 Å². The van der Waals surface area contributed by atoms with Crippen LogP contribution in [-0.2, 0) is 11.2 Å². The maximum Gasteiger partial charge on any atom is 0.125 e. The zero-order valence-corrected chi connectivity index (χ0v) is 12.8. The number of nitrogens with zero attached hydrogens (tertiary/aromatic N) is 2. The fourth-order valence-corrected chi connectivity index (χ4v) is 3.72. The van der Waals surface area contributed by atoms with E-state index in [0.29, 0.717) is 0 Å². The van der Waals surface area contributed by atoms with Crippen LogP contribution in [-0.4, -0.2) is 56.9 Å². The molecule has 0 aliphatic carbocycles. The van der Waals surface area contributed by atoms with Crippen LogP contribution in [0.1, 0.15) is 18.4 Å². The summed E-state index contributed by atoms with van der Waals surface area (Å²) >= 11 is 0. The van der Waals surface area contributed by atoms with Crippen molar-refractivity contribution in [3.8, 4) is 5.75 Å². The SMILES string of the molecule is CN1CCC2(CC1)Cc1ccc(N3CCOCC3)cc1O2. The number of benzene rings is 1. The molecule has 3 aliphatic heterocycles. The second-order valence-corrected chi connectivity index (χ2v) is 6.66. The van der Waals surface area contributed by atoms with Crippen molar-refractivity contribution in [3.05, 3.63) is 23.8 Å². The van der Waals surface area contributed by atoms with Crippen molar-refractivity contribution in [2.75, 3.05) is 51.3 Å². The Morgan fingerprint density at radius 2 is 1.81 bits per heavy atom. The van der Waals surface area contributed by atoms with E-state index in [4.69, 9.17) is 9.47 Å². The smallest absolute Gasteiger partial charge is 0.125 e. The van der Waals surface area contributed by atoms with Gasteiger partial charge in [-0.05, 0) is 18.7 Å². The summed E-state index contributed by atoms with van der Waals surface area (Å²) in [5.41, 5.74) is 2.73. The van der Waals surface area contributed by atoms with Gasteiger partial charge in [0.2, 0.25) is 0 Å². The summed E-state index contributed by atoms with van der Waals surface area (Å²) in [5, 5.41) is 0. The number of hydrogen-bond acceptors (Lipinski definition) is 4. The van der Waals surface area contributed by atoms with E-state index in [2.05, 4.69) is 35.0 Å². The van der Waals surface area contributed by atoms with E-state index < -0.39 is 0 Å². The maximum absolute atomic E-state index is 6.43. The molecular formula is C17H24N2O2. The highest BCUT2D eigenvalue weighted by atomic mass is 16.5. The van der Waals surface area contributed by atoms with Gasteiger partial charge in [-0.1, -0.05) is 6.07 Å². The highest BCUT2D eigenvalue weighted by molar-refractivity contribution is 5.56. The van der Waals surface area contributed by atoms with Gasteiger partial charge in [0.25, 0.3) is 0 Å². The molecule has 0 atom stereocenters. The highest BCUT2D eigenvalue weighted by Gasteiger charge is 2.41. The zero-order chi connectivity index (χ0) is 14.3. The lowest BCUT2D eigenvalue weighted by molar-refractivity contribution is 0.0271. The van der Waals surface area contributed by atoms with Gasteiger partial charge in [-0.25, -0.2) is 0 Å². The van der Waals surface area contributed by atoms with E-state index in [9.17, 15) is 0 Å². The second-order valence-electron chi connectivity index (χ2n) is 6.66. The molecule has 3 aliphatic rings. The molecule has 0 unspecified atom stereocenters. The predicted octanol–water partition coefficient (Wildman–Crippen LogP) is 1.92. The molecule has 4 rings (SSSR count). The lowest BCUT2D eigenvalue weighted by atomic mass is 9.87. The first-order valence-electron chi connectivity index (χ1n) is 8.07. The number of hydrogen-bond donors (Lipinski definition) is 0. The third-order valence-electron chi connectivity index (χ3n) is 5.16. The Labute approximate surface area is 126 Å². The first-order chi connectivity index (χ1) is 10.2. The summed E-state index contributed by atoms with van der Waals surface area (Å²) in [6, 6.07) is 6.77. The van der Waals surface area contributed by atoms with Gasteiger partial charge < -0.3 is 19.3 Å². The van der Waals surface area contributed by atoms with Gasteiger partial charge in [-0.3, -0.25) is 0 Å². The third kappa shape index (κ3) is 2.51. The number of fused-ring (bicyclic) bond motifs is 1. The standard InChI is InChI=1S/C17H24N2O2/c1-18-6-4-17(5-7-18)13-14-2-3-15(12-16(14)21-17)19-8-10-20-11-9-19/h2-3,12H,4-11,13H2,1H3. The van der Waals surface area contributed by atoms with E-state index in [1.54, 1.807) is 0 Å². The molecule has 21 heavy (non-hydrogen) atoms. The Morgan fingerprint density at radius 1 is 1.05 bits per heavy atom. The Morgan fingerprint density at radius 3 is 2.57 bits per heavy atom. The molecule has 4 nitrogen and oxygen atoms in total. The largest absolute Gasteiger partial charge is 0.486 e. The molecular weight excluding hydrogens is 264 g/mol. The quantitative estimate of drug-likeness (QED) is 0.788. The minimum atomic E-state index is 0.0679. The number of likely N-dealkylation sites (tertiary alicyclic amines) is 1. The molecule has 0 bridgehead atoms. The Kier molecular flexibility index (Phi) is 3.31. The molecule has 0 aromatic heterocycles. The van der Waals surface area contributed by atoms with E-state index in [0.717, 1.165) is 64.4 Å². The molecule has 4 heteroatoms. The molecule has 0 N–H and O–H groups in total. The van der Waals surface area contributed by atoms with E-state index >= 15 is 0 Å². The molecule has 0 amide bonds. The lowest BCUT2D eigenvalue weighted by Crippen LogP contribution is -2.45. The average Bonchev–Trinajstić information content (AvgIpc) is 2.88. The van der Waals surface area contributed by atoms with Gasteiger partial charge in [-0.15, -0.1) is 0 Å². The number of rotatable bonds is 1. The minimum Gasteiger partial charge on any atom is -0.486 e. The maximum atomic E-state index is 6.43. The van der Waals surface area contributed by atoms with Crippen LogP contribution < -0.4 is 9.64 Å². The van der Waals surface area contributed by atoms with Gasteiger partial charge in [0.1, 0.15) is 11.4 Å². The van der Waals surface area contributed by atoms with Crippen molar-refractivity contribution in [2.45, 2.75) is 24.9 Å². The minimum absolute atomic E-state index is 0.0679. The number of piperidine rings is 1. The van der Waals surface area contributed by atoms with E-state index in [1.165, 1.54) is 11.3 Å². The van der Waals surface area contributed by atoms with Crippen molar-refractivity contribution in [1.29, 1.82) is 0 Å². The van der Waals surface area contributed by atoms with Crippen molar-refractivity contribution in [2.24, 2.45) is 0 Å². The summed E-state index contributed by atoms with van der Waals surface area (Å²) in [7, 11) is 2.20. The monoisotopic (exact) mass is 288 g/mol. The molecule has 1 spiro atoms. The fraction of sp³-hybridized carbons (Fsp3) is 0.647. The van der Waals surface area contributed by atoms with Crippen LogP contribution >= 0.6 is 0 Å². The van der Waals surface area contributed by atoms with Gasteiger partial charge >= 0.3 is 0 Å². The fourth-order valence-electron chi connectivity index (χ4n) is 3.72. The van der Waals surface area contributed by atoms with Crippen molar-refractivity contribution < 1.29 is 9.47 Å². The van der Waals surface area contributed by atoms with Crippen LogP contribution in [0.3, 0.4) is 0 Å². The number of anilines is 1.